The number of ether oxygens (including phenoxy) is 2. The molecule has 0 unspecified atom stereocenters. The van der Waals surface area contributed by atoms with Crippen LogP contribution >= 0.6 is 31.9 Å². The number of sulfone groups is 1. The molecule has 0 aliphatic carbocycles. The molecule has 1 heterocycles. The Hall–Kier alpha value is -1.82. The van der Waals surface area contributed by atoms with Crippen molar-refractivity contribution in [1.29, 1.82) is 0 Å². The third-order valence-corrected chi connectivity index (χ3v) is 9.48. The Labute approximate surface area is 230 Å². The van der Waals surface area contributed by atoms with Gasteiger partial charge < -0.3 is 25.0 Å². The first kappa shape index (κ1) is 28.7. The van der Waals surface area contributed by atoms with Crippen LogP contribution in [0.4, 0.5) is 5.69 Å². The molecule has 36 heavy (non-hydrogen) atoms. The molecule has 3 rings (SSSR count). The molecule has 0 radical (unpaired) electrons. The molecule has 0 atom stereocenters. The zero-order valence-corrected chi connectivity index (χ0v) is 24.8. The van der Waals surface area contributed by atoms with Gasteiger partial charge in [0.1, 0.15) is 0 Å². The Balaban J connectivity index is 1.46. The highest BCUT2D eigenvalue weighted by Gasteiger charge is 2.23. The normalized spacial score (nSPS) is 14.1. The first-order valence-electron chi connectivity index (χ1n) is 11.7. The number of methoxy groups -OCH3 is 2. The highest BCUT2D eigenvalue weighted by atomic mass is 79.9. The van der Waals surface area contributed by atoms with Crippen LogP contribution in [-0.2, 0) is 27.5 Å². The van der Waals surface area contributed by atoms with Crippen LogP contribution in [0.1, 0.15) is 24.0 Å². The number of hydrogen-bond donors (Lipinski definition) is 1. The number of carbonyl (C=O) groups is 1. The Morgan fingerprint density at radius 2 is 1.58 bits per heavy atom. The summed E-state index contributed by atoms with van der Waals surface area (Å²) in [6, 6.07) is 6.96. The summed E-state index contributed by atoms with van der Waals surface area (Å²) in [5.41, 5.74) is 8.44. The van der Waals surface area contributed by atoms with Crippen LogP contribution in [-0.4, -0.2) is 77.3 Å². The van der Waals surface area contributed by atoms with Crippen LogP contribution < -0.4 is 15.2 Å². The second-order valence-corrected chi connectivity index (χ2v) is 12.7. The van der Waals surface area contributed by atoms with Crippen molar-refractivity contribution in [3.05, 3.63) is 44.3 Å². The molecule has 0 saturated heterocycles. The van der Waals surface area contributed by atoms with Crippen molar-refractivity contribution < 1.29 is 22.7 Å². The average molecular weight is 647 g/mol. The predicted molar refractivity (Wildman–Crippen MR) is 149 cm³/mol. The second kappa shape index (κ2) is 12.6. The van der Waals surface area contributed by atoms with Crippen molar-refractivity contribution in [1.82, 2.24) is 9.80 Å². The average Bonchev–Trinajstić information content (AvgIpc) is 2.98. The molecular formula is C25H33Br2N3O5S. The van der Waals surface area contributed by atoms with E-state index in [1.54, 1.807) is 26.4 Å². The van der Waals surface area contributed by atoms with E-state index in [-0.39, 0.29) is 16.6 Å². The first-order chi connectivity index (χ1) is 17.1. The minimum absolute atomic E-state index is 0.0515. The van der Waals surface area contributed by atoms with Crippen LogP contribution in [0.25, 0.3) is 0 Å². The Morgan fingerprint density at radius 1 is 1.00 bits per heavy atom. The van der Waals surface area contributed by atoms with Crippen molar-refractivity contribution in [2.45, 2.75) is 30.6 Å². The van der Waals surface area contributed by atoms with Crippen LogP contribution in [0, 0.1) is 0 Å². The molecule has 0 saturated carbocycles. The molecule has 2 N–H and O–H groups in total. The number of nitrogen functional groups attached to an aromatic ring is 1. The van der Waals surface area contributed by atoms with E-state index < -0.39 is 9.84 Å². The maximum atomic E-state index is 12.9. The van der Waals surface area contributed by atoms with E-state index in [4.69, 9.17) is 15.2 Å². The highest BCUT2D eigenvalue weighted by Crippen LogP contribution is 2.33. The summed E-state index contributed by atoms with van der Waals surface area (Å²) in [5.74, 6) is 1.47. The smallest absolute Gasteiger partial charge is 0.227 e. The van der Waals surface area contributed by atoms with Crippen LogP contribution in [0.2, 0.25) is 0 Å². The third kappa shape index (κ3) is 7.14. The number of nitrogens with two attached hydrogens (primary N) is 1. The number of nitrogens with zero attached hydrogens (tertiary/aromatic N) is 2. The molecule has 11 heteroatoms. The summed E-state index contributed by atoms with van der Waals surface area (Å²) >= 11 is 6.61. The van der Waals surface area contributed by atoms with Gasteiger partial charge in [-0.1, -0.05) is 0 Å². The number of benzene rings is 2. The van der Waals surface area contributed by atoms with E-state index >= 15 is 0 Å². The van der Waals surface area contributed by atoms with Crippen molar-refractivity contribution in [3.63, 3.8) is 0 Å². The first-order valence-corrected chi connectivity index (χ1v) is 15.0. The lowest BCUT2D eigenvalue weighted by molar-refractivity contribution is -0.130. The molecule has 198 valence electrons. The zero-order chi connectivity index (χ0) is 26.5. The minimum Gasteiger partial charge on any atom is -0.493 e. The van der Waals surface area contributed by atoms with Gasteiger partial charge in [-0.2, -0.15) is 0 Å². The molecular weight excluding hydrogens is 614 g/mol. The lowest BCUT2D eigenvalue weighted by atomic mass is 10.0. The van der Waals surface area contributed by atoms with Gasteiger partial charge in [-0.3, -0.25) is 4.79 Å². The summed E-state index contributed by atoms with van der Waals surface area (Å²) in [6.07, 6.45) is 2.45. The monoisotopic (exact) mass is 645 g/mol. The van der Waals surface area contributed by atoms with Gasteiger partial charge in [-0.05, 0) is 107 Å². The van der Waals surface area contributed by atoms with E-state index in [1.807, 2.05) is 24.1 Å². The van der Waals surface area contributed by atoms with Gasteiger partial charge >= 0.3 is 0 Å². The maximum absolute atomic E-state index is 12.9. The number of anilines is 1. The number of hydrogen-bond acceptors (Lipinski definition) is 7. The Bertz CT molecular complexity index is 1180. The van der Waals surface area contributed by atoms with E-state index in [0.29, 0.717) is 58.6 Å². The standard InChI is InChI=1S/C25H33Br2N3O5S/c1-29(8-5-11-36(32,33)19-15-20(26)25(28)21(27)16-19)7-4-9-30-10-6-17-12-22(34-2)23(35-3)13-18(17)14-24(30)31/h12-13,15-16H,4-11,14,28H2,1-3H3. The summed E-state index contributed by atoms with van der Waals surface area (Å²) in [7, 11) is 1.76. The van der Waals surface area contributed by atoms with Crippen molar-refractivity contribution in [2.75, 3.05) is 58.9 Å². The summed E-state index contributed by atoms with van der Waals surface area (Å²) in [4.78, 5) is 17.1. The predicted octanol–water partition coefficient (Wildman–Crippen LogP) is 3.92. The summed E-state index contributed by atoms with van der Waals surface area (Å²) < 4.78 is 37.4. The lowest BCUT2D eigenvalue weighted by Gasteiger charge is -2.22. The number of halogens is 2. The van der Waals surface area contributed by atoms with Gasteiger partial charge in [-0.15, -0.1) is 0 Å². The maximum Gasteiger partial charge on any atom is 0.227 e. The topological polar surface area (TPSA) is 102 Å². The molecule has 1 aliphatic rings. The molecule has 2 aromatic rings. The molecule has 8 nitrogen and oxygen atoms in total. The van der Waals surface area contributed by atoms with Crippen molar-refractivity contribution >= 4 is 53.3 Å². The Kier molecular flexibility index (Phi) is 10.1. The number of rotatable bonds is 11. The molecule has 0 bridgehead atoms. The molecule has 0 aromatic heterocycles. The zero-order valence-electron chi connectivity index (χ0n) is 20.9. The molecule has 0 spiro atoms. The van der Waals surface area contributed by atoms with Crippen molar-refractivity contribution in [2.24, 2.45) is 0 Å². The van der Waals surface area contributed by atoms with Gasteiger partial charge in [0.05, 0.1) is 37.0 Å². The molecule has 1 amide bonds. The lowest BCUT2D eigenvalue weighted by Crippen LogP contribution is -2.35. The fourth-order valence-corrected chi connectivity index (χ4v) is 7.11. The van der Waals surface area contributed by atoms with Gasteiger partial charge in [0, 0.05) is 22.0 Å². The highest BCUT2D eigenvalue weighted by molar-refractivity contribution is 9.11. The van der Waals surface area contributed by atoms with E-state index in [1.165, 1.54) is 0 Å². The van der Waals surface area contributed by atoms with Gasteiger partial charge in [0.15, 0.2) is 21.3 Å². The quantitative estimate of drug-likeness (QED) is 0.369. The number of carbonyl (C=O) groups excluding carboxylic acids is 1. The van der Waals surface area contributed by atoms with Crippen molar-refractivity contribution in [3.8, 4) is 11.5 Å². The minimum atomic E-state index is -3.42. The van der Waals surface area contributed by atoms with Gasteiger partial charge in [0.2, 0.25) is 5.91 Å². The van der Waals surface area contributed by atoms with Gasteiger partial charge in [-0.25, -0.2) is 8.42 Å². The van der Waals surface area contributed by atoms with E-state index in [2.05, 4.69) is 36.8 Å². The number of fused-ring (bicyclic) bond motifs is 1. The van der Waals surface area contributed by atoms with Gasteiger partial charge in [0.25, 0.3) is 0 Å². The molecule has 2 aromatic carbocycles. The second-order valence-electron chi connectivity index (χ2n) is 8.91. The number of amides is 1. The summed E-state index contributed by atoms with van der Waals surface area (Å²) in [6.45, 7) is 2.75. The largest absolute Gasteiger partial charge is 0.493 e. The molecule has 0 fully saturated rings. The molecule has 1 aliphatic heterocycles. The summed E-state index contributed by atoms with van der Waals surface area (Å²) in [5, 5.41) is 0. The van der Waals surface area contributed by atoms with Crippen LogP contribution in [0.3, 0.4) is 0 Å². The fourth-order valence-electron chi connectivity index (χ4n) is 4.28. The van der Waals surface area contributed by atoms with E-state index in [0.717, 1.165) is 30.5 Å². The van der Waals surface area contributed by atoms with Crippen LogP contribution in [0.5, 0.6) is 11.5 Å². The Morgan fingerprint density at radius 3 is 2.19 bits per heavy atom. The van der Waals surface area contributed by atoms with Crippen LogP contribution in [0.15, 0.2) is 38.1 Å². The SMILES string of the molecule is COc1cc2c(cc1OC)CC(=O)N(CCCN(C)CCCS(=O)(=O)c1cc(Br)c(N)c(Br)c1)CC2. The fraction of sp³-hybridized carbons (Fsp3) is 0.480. The third-order valence-electron chi connectivity index (χ3n) is 6.38. The van der Waals surface area contributed by atoms with E-state index in [9.17, 15) is 13.2 Å².